The molecule has 0 fully saturated rings. The van der Waals surface area contributed by atoms with Gasteiger partial charge in [0.15, 0.2) is 5.78 Å². The molecule has 1 aromatic rings. The van der Waals surface area contributed by atoms with Gasteiger partial charge in [0.1, 0.15) is 0 Å². The highest BCUT2D eigenvalue weighted by Crippen LogP contribution is 2.15. The first-order valence-electron chi connectivity index (χ1n) is 5.50. The Morgan fingerprint density at radius 1 is 1.29 bits per heavy atom. The number of benzene rings is 1. The number of esters is 1. The number of hydrogen-bond acceptors (Lipinski definition) is 3. The maximum absolute atomic E-state index is 11.9. The van der Waals surface area contributed by atoms with Gasteiger partial charge >= 0.3 is 5.97 Å². The summed E-state index contributed by atoms with van der Waals surface area (Å²) in [6.07, 6.45) is 0.106. The molecule has 92 valence electrons. The van der Waals surface area contributed by atoms with Crippen molar-refractivity contribution in [2.24, 2.45) is 5.92 Å². The van der Waals surface area contributed by atoms with E-state index in [1.165, 1.54) is 0 Å². The summed E-state index contributed by atoms with van der Waals surface area (Å²) in [5.74, 6) is -0.799. The fraction of sp³-hybridized carbons (Fsp3) is 0.385. The van der Waals surface area contributed by atoms with E-state index < -0.39 is 0 Å². The molecule has 0 aromatic heterocycles. The van der Waals surface area contributed by atoms with E-state index in [0.29, 0.717) is 17.2 Å². The van der Waals surface area contributed by atoms with E-state index in [1.54, 1.807) is 38.1 Å². The third-order valence-corrected chi connectivity index (χ3v) is 2.61. The van der Waals surface area contributed by atoms with Gasteiger partial charge in [0.05, 0.1) is 13.0 Å². The van der Waals surface area contributed by atoms with Gasteiger partial charge in [-0.05, 0) is 31.2 Å². The SMILES string of the molecule is CCOC(=O)CC(C)C(=O)c1ccc(Cl)cc1. The molecule has 0 spiro atoms. The Balaban J connectivity index is 2.63. The number of carbonyl (C=O) groups excluding carboxylic acids is 2. The summed E-state index contributed by atoms with van der Waals surface area (Å²) in [4.78, 5) is 23.2. The van der Waals surface area contributed by atoms with Gasteiger partial charge in [0.25, 0.3) is 0 Å². The van der Waals surface area contributed by atoms with Crippen LogP contribution in [0.15, 0.2) is 24.3 Å². The second kappa shape index (κ2) is 6.40. The minimum absolute atomic E-state index is 0.0743. The largest absolute Gasteiger partial charge is 0.466 e. The van der Waals surface area contributed by atoms with Crippen LogP contribution < -0.4 is 0 Å². The van der Waals surface area contributed by atoms with Crippen LogP contribution in [0.4, 0.5) is 0 Å². The molecule has 1 unspecified atom stereocenters. The number of hydrogen-bond donors (Lipinski definition) is 0. The molecule has 17 heavy (non-hydrogen) atoms. The lowest BCUT2D eigenvalue weighted by Crippen LogP contribution is -2.17. The molecular formula is C13H15ClO3. The number of ketones is 1. The molecule has 0 radical (unpaired) electrons. The number of halogens is 1. The molecule has 0 aliphatic heterocycles. The molecule has 3 nitrogen and oxygen atoms in total. The molecule has 1 atom stereocenters. The molecule has 0 aliphatic rings. The van der Waals surface area contributed by atoms with Crippen LogP contribution in [-0.2, 0) is 9.53 Å². The van der Waals surface area contributed by atoms with Gasteiger partial charge in [-0.2, -0.15) is 0 Å². The number of Topliss-reactive ketones (excluding diaryl/α,β-unsaturated/α-hetero) is 1. The van der Waals surface area contributed by atoms with Crippen molar-refractivity contribution in [3.63, 3.8) is 0 Å². The van der Waals surface area contributed by atoms with Gasteiger partial charge in [0.2, 0.25) is 0 Å². The first-order valence-corrected chi connectivity index (χ1v) is 5.87. The van der Waals surface area contributed by atoms with Gasteiger partial charge in [-0.15, -0.1) is 0 Å². The van der Waals surface area contributed by atoms with Crippen molar-refractivity contribution in [3.8, 4) is 0 Å². The van der Waals surface area contributed by atoms with Crippen LogP contribution in [-0.4, -0.2) is 18.4 Å². The van der Waals surface area contributed by atoms with E-state index >= 15 is 0 Å². The zero-order valence-corrected chi connectivity index (χ0v) is 10.7. The predicted octanol–water partition coefficient (Wildman–Crippen LogP) is 3.11. The van der Waals surface area contributed by atoms with Gasteiger partial charge in [0, 0.05) is 16.5 Å². The first kappa shape index (κ1) is 13.7. The highest BCUT2D eigenvalue weighted by Gasteiger charge is 2.19. The first-order chi connectivity index (χ1) is 8.04. The third-order valence-electron chi connectivity index (χ3n) is 2.35. The van der Waals surface area contributed by atoms with Crippen LogP contribution in [0.5, 0.6) is 0 Å². The summed E-state index contributed by atoms with van der Waals surface area (Å²) in [5, 5.41) is 0.583. The average Bonchev–Trinajstić information content (AvgIpc) is 2.29. The van der Waals surface area contributed by atoms with E-state index in [1.807, 2.05) is 0 Å². The molecule has 0 N–H and O–H groups in total. The minimum Gasteiger partial charge on any atom is -0.466 e. The third kappa shape index (κ3) is 4.19. The van der Waals surface area contributed by atoms with Crippen molar-refractivity contribution in [1.29, 1.82) is 0 Å². The Labute approximate surface area is 106 Å². The summed E-state index contributed by atoms with van der Waals surface area (Å²) in [6.45, 7) is 3.79. The normalized spacial score (nSPS) is 11.9. The number of ether oxygens (including phenoxy) is 1. The predicted molar refractivity (Wildman–Crippen MR) is 66.2 cm³/mol. The average molecular weight is 255 g/mol. The fourth-order valence-corrected chi connectivity index (χ4v) is 1.59. The summed E-state index contributed by atoms with van der Waals surface area (Å²) >= 11 is 5.74. The molecule has 1 aromatic carbocycles. The van der Waals surface area contributed by atoms with E-state index in [2.05, 4.69) is 0 Å². The molecule has 4 heteroatoms. The maximum Gasteiger partial charge on any atom is 0.306 e. The quantitative estimate of drug-likeness (QED) is 0.599. The minimum atomic E-state index is -0.379. The summed E-state index contributed by atoms with van der Waals surface area (Å²) in [7, 11) is 0. The van der Waals surface area contributed by atoms with E-state index in [-0.39, 0.29) is 24.1 Å². The van der Waals surface area contributed by atoms with Crippen molar-refractivity contribution in [3.05, 3.63) is 34.9 Å². The lowest BCUT2D eigenvalue weighted by Gasteiger charge is -2.09. The molecule has 0 saturated carbocycles. The maximum atomic E-state index is 11.9. The van der Waals surface area contributed by atoms with E-state index in [0.717, 1.165) is 0 Å². The Hall–Kier alpha value is -1.35. The molecule has 1 rings (SSSR count). The molecule has 0 saturated heterocycles. The second-order valence-electron chi connectivity index (χ2n) is 3.78. The van der Waals surface area contributed by atoms with Crippen LogP contribution in [0.25, 0.3) is 0 Å². The fourth-order valence-electron chi connectivity index (χ4n) is 1.46. The summed E-state index contributed by atoms with van der Waals surface area (Å²) in [6, 6.07) is 6.64. The Morgan fingerprint density at radius 2 is 1.88 bits per heavy atom. The topological polar surface area (TPSA) is 43.4 Å². The lowest BCUT2D eigenvalue weighted by molar-refractivity contribution is -0.143. The van der Waals surface area contributed by atoms with Crippen molar-refractivity contribution in [2.45, 2.75) is 20.3 Å². The standard InChI is InChI=1S/C13H15ClO3/c1-3-17-12(15)8-9(2)13(16)10-4-6-11(14)7-5-10/h4-7,9H,3,8H2,1-2H3. The zero-order valence-electron chi connectivity index (χ0n) is 9.90. The van der Waals surface area contributed by atoms with Gasteiger partial charge in [-0.3, -0.25) is 9.59 Å². The van der Waals surface area contributed by atoms with E-state index in [4.69, 9.17) is 16.3 Å². The highest BCUT2D eigenvalue weighted by molar-refractivity contribution is 6.30. The monoisotopic (exact) mass is 254 g/mol. The number of rotatable bonds is 5. The van der Waals surface area contributed by atoms with E-state index in [9.17, 15) is 9.59 Å². The van der Waals surface area contributed by atoms with Crippen LogP contribution in [0.3, 0.4) is 0 Å². The van der Waals surface area contributed by atoms with Gasteiger partial charge in [-0.1, -0.05) is 18.5 Å². The Morgan fingerprint density at radius 3 is 2.41 bits per heavy atom. The molecule has 0 aliphatic carbocycles. The smallest absolute Gasteiger partial charge is 0.306 e. The van der Waals surface area contributed by atoms with Crippen molar-refractivity contribution in [1.82, 2.24) is 0 Å². The Bertz CT molecular complexity index is 398. The van der Waals surface area contributed by atoms with Gasteiger partial charge < -0.3 is 4.74 Å². The zero-order chi connectivity index (χ0) is 12.8. The molecule has 0 bridgehead atoms. The second-order valence-corrected chi connectivity index (χ2v) is 4.22. The van der Waals surface area contributed by atoms with Crippen molar-refractivity contribution >= 4 is 23.4 Å². The van der Waals surface area contributed by atoms with Crippen molar-refractivity contribution < 1.29 is 14.3 Å². The lowest BCUT2D eigenvalue weighted by atomic mass is 9.96. The highest BCUT2D eigenvalue weighted by atomic mass is 35.5. The molecule has 0 heterocycles. The Kier molecular flexibility index (Phi) is 5.16. The van der Waals surface area contributed by atoms with Crippen LogP contribution >= 0.6 is 11.6 Å². The van der Waals surface area contributed by atoms with Crippen LogP contribution in [0.1, 0.15) is 30.6 Å². The van der Waals surface area contributed by atoms with Gasteiger partial charge in [-0.25, -0.2) is 0 Å². The van der Waals surface area contributed by atoms with Crippen LogP contribution in [0, 0.1) is 5.92 Å². The number of carbonyl (C=O) groups is 2. The molecule has 0 amide bonds. The molecular weight excluding hydrogens is 240 g/mol. The summed E-state index contributed by atoms with van der Waals surface area (Å²) < 4.78 is 4.81. The summed E-state index contributed by atoms with van der Waals surface area (Å²) in [5.41, 5.74) is 0.561. The van der Waals surface area contributed by atoms with Crippen molar-refractivity contribution in [2.75, 3.05) is 6.61 Å². The van der Waals surface area contributed by atoms with Crippen LogP contribution in [0.2, 0.25) is 5.02 Å².